The van der Waals surface area contributed by atoms with Gasteiger partial charge in [-0.15, -0.1) is 0 Å². The molecule has 2 N–H and O–H groups in total. The number of carbonyl (C=O) groups is 1. The Morgan fingerprint density at radius 2 is 1.84 bits per heavy atom. The van der Waals surface area contributed by atoms with Gasteiger partial charge in [0.15, 0.2) is 17.0 Å². The van der Waals surface area contributed by atoms with E-state index in [-0.39, 0.29) is 29.3 Å². The first-order chi connectivity index (χ1) is 18.2. The predicted molar refractivity (Wildman–Crippen MR) is 134 cm³/mol. The van der Waals surface area contributed by atoms with Crippen molar-refractivity contribution in [1.82, 2.24) is 24.8 Å². The Bertz CT molecular complexity index is 1470. The average Bonchev–Trinajstić information content (AvgIpc) is 3.58. The highest BCUT2D eigenvalue weighted by Gasteiger charge is 2.27. The number of imidazole rings is 1. The number of alkyl halides is 3. The van der Waals surface area contributed by atoms with E-state index in [1.807, 2.05) is 13.0 Å². The number of fused-ring (bicyclic) bond motifs is 1. The van der Waals surface area contributed by atoms with Gasteiger partial charge in [-0.05, 0) is 67.8 Å². The molecule has 0 radical (unpaired) electrons. The highest BCUT2D eigenvalue weighted by molar-refractivity contribution is 5.96. The summed E-state index contributed by atoms with van der Waals surface area (Å²) in [6.07, 6.45) is -1.89. The minimum Gasteiger partial charge on any atom is -0.497 e. The number of rotatable bonds is 9. The second-order valence-electron chi connectivity index (χ2n) is 8.96. The van der Waals surface area contributed by atoms with E-state index in [0.29, 0.717) is 28.4 Å². The Balaban J connectivity index is 1.49. The zero-order valence-corrected chi connectivity index (χ0v) is 20.7. The molecular formula is C26H25F3N6O3. The van der Waals surface area contributed by atoms with Crippen molar-refractivity contribution in [2.75, 3.05) is 19.0 Å². The van der Waals surface area contributed by atoms with Gasteiger partial charge in [0.2, 0.25) is 0 Å². The van der Waals surface area contributed by atoms with Crippen LogP contribution in [0.2, 0.25) is 0 Å². The van der Waals surface area contributed by atoms with Crippen LogP contribution in [0.25, 0.3) is 16.9 Å². The highest BCUT2D eigenvalue weighted by atomic mass is 19.4. The number of carbonyl (C=O) groups excluding carboxylic acids is 1. The molecule has 0 spiro atoms. The minimum absolute atomic E-state index is 0.0731. The van der Waals surface area contributed by atoms with Crippen LogP contribution >= 0.6 is 0 Å². The van der Waals surface area contributed by atoms with Gasteiger partial charge in [-0.2, -0.15) is 23.1 Å². The zero-order valence-electron chi connectivity index (χ0n) is 20.7. The van der Waals surface area contributed by atoms with Crippen LogP contribution < -0.4 is 20.1 Å². The molecule has 1 aliphatic carbocycles. The lowest BCUT2D eigenvalue weighted by Crippen LogP contribution is -2.26. The third-order valence-corrected chi connectivity index (χ3v) is 5.99. The lowest BCUT2D eigenvalue weighted by atomic mass is 10.1. The van der Waals surface area contributed by atoms with E-state index in [2.05, 4.69) is 25.6 Å². The Morgan fingerprint density at radius 3 is 2.50 bits per heavy atom. The van der Waals surface area contributed by atoms with E-state index in [1.54, 1.807) is 48.1 Å². The molecule has 2 heterocycles. The number of nitrogens with zero attached hydrogens (tertiary/aromatic N) is 4. The first-order valence-electron chi connectivity index (χ1n) is 12.0. The van der Waals surface area contributed by atoms with Crippen LogP contribution in [0.15, 0.2) is 48.8 Å². The van der Waals surface area contributed by atoms with Crippen molar-refractivity contribution in [3.05, 3.63) is 59.9 Å². The van der Waals surface area contributed by atoms with Gasteiger partial charge < -0.3 is 20.1 Å². The molecule has 0 saturated heterocycles. The van der Waals surface area contributed by atoms with E-state index >= 15 is 0 Å². The summed E-state index contributed by atoms with van der Waals surface area (Å²) in [6.45, 7) is 1.44. The molecule has 38 heavy (non-hydrogen) atoms. The van der Waals surface area contributed by atoms with E-state index in [4.69, 9.17) is 9.47 Å². The number of amides is 1. The number of halogens is 3. The molecule has 1 amide bonds. The first-order valence-corrected chi connectivity index (χ1v) is 12.0. The predicted octanol–water partition coefficient (Wildman–Crippen LogP) is 5.18. The lowest BCUT2D eigenvalue weighted by molar-refractivity contribution is -0.131. The molecule has 0 unspecified atom stereocenters. The standard InChI is InChI=1S/C26H25F3N6O3/c1-15-13-17(5-10-20(15)24(36)32-16-3-4-16)35-14-31-21-22(30-12-11-26(27,28)29)33-25(34-23(21)35)38-19-8-6-18(37-2)7-9-19/h5-10,13-14,16H,3-4,11-12H2,1-2H3,(H,32,36)(H,30,33,34). The quantitative estimate of drug-likeness (QED) is 0.310. The van der Waals surface area contributed by atoms with Crippen LogP contribution in [0.3, 0.4) is 0 Å². The third kappa shape index (κ3) is 5.79. The van der Waals surface area contributed by atoms with Crippen LogP contribution in [-0.4, -0.2) is 51.3 Å². The molecule has 2 aromatic heterocycles. The summed E-state index contributed by atoms with van der Waals surface area (Å²) in [5.74, 6) is 1.03. The largest absolute Gasteiger partial charge is 0.497 e. The summed E-state index contributed by atoms with van der Waals surface area (Å²) in [7, 11) is 1.54. The molecule has 2 aromatic carbocycles. The second kappa shape index (κ2) is 10.2. The Morgan fingerprint density at radius 1 is 1.11 bits per heavy atom. The molecule has 9 nitrogen and oxygen atoms in total. The highest BCUT2D eigenvalue weighted by Crippen LogP contribution is 2.29. The summed E-state index contributed by atoms with van der Waals surface area (Å²) in [5, 5.41) is 5.69. The number of benzene rings is 2. The fourth-order valence-corrected chi connectivity index (χ4v) is 3.85. The van der Waals surface area contributed by atoms with Crippen molar-refractivity contribution in [2.45, 2.75) is 38.4 Å². The SMILES string of the molecule is COc1ccc(Oc2nc(NCCC(F)(F)F)c3ncn(-c4ccc(C(=O)NC5CC5)c(C)c4)c3n2)cc1. The normalized spacial score (nSPS) is 13.4. The molecule has 1 saturated carbocycles. The van der Waals surface area contributed by atoms with Gasteiger partial charge in [0.05, 0.1) is 13.5 Å². The van der Waals surface area contributed by atoms with Crippen molar-refractivity contribution in [3.8, 4) is 23.2 Å². The Kier molecular flexibility index (Phi) is 6.79. The van der Waals surface area contributed by atoms with E-state index in [9.17, 15) is 18.0 Å². The molecule has 1 aliphatic rings. The molecule has 1 fully saturated rings. The van der Waals surface area contributed by atoms with Gasteiger partial charge in [0.1, 0.15) is 17.8 Å². The minimum atomic E-state index is -4.33. The summed E-state index contributed by atoms with van der Waals surface area (Å²) in [5.41, 5.74) is 2.60. The van der Waals surface area contributed by atoms with Crippen molar-refractivity contribution < 1.29 is 27.4 Å². The Hall–Kier alpha value is -4.35. The van der Waals surface area contributed by atoms with Gasteiger partial charge in [-0.25, -0.2) is 4.98 Å². The zero-order chi connectivity index (χ0) is 26.9. The van der Waals surface area contributed by atoms with E-state index in [1.165, 1.54) is 6.33 Å². The second-order valence-corrected chi connectivity index (χ2v) is 8.96. The van der Waals surface area contributed by atoms with E-state index in [0.717, 1.165) is 18.4 Å². The maximum atomic E-state index is 12.8. The molecular weight excluding hydrogens is 501 g/mol. The summed E-state index contributed by atoms with van der Waals surface area (Å²) in [4.78, 5) is 25.7. The van der Waals surface area contributed by atoms with Crippen molar-refractivity contribution in [1.29, 1.82) is 0 Å². The Labute approximate surface area is 216 Å². The van der Waals surface area contributed by atoms with E-state index < -0.39 is 19.1 Å². The van der Waals surface area contributed by atoms with Crippen LogP contribution in [0.1, 0.15) is 35.2 Å². The van der Waals surface area contributed by atoms with Crippen LogP contribution in [0.5, 0.6) is 17.5 Å². The maximum absolute atomic E-state index is 12.8. The van der Waals surface area contributed by atoms with Crippen LogP contribution in [0.4, 0.5) is 19.0 Å². The van der Waals surface area contributed by atoms with Crippen molar-refractivity contribution in [3.63, 3.8) is 0 Å². The molecule has 5 rings (SSSR count). The number of ether oxygens (including phenoxy) is 2. The topological polar surface area (TPSA) is 103 Å². The number of hydrogen-bond acceptors (Lipinski definition) is 7. The monoisotopic (exact) mass is 526 g/mol. The number of nitrogens with one attached hydrogen (secondary N) is 2. The summed E-state index contributed by atoms with van der Waals surface area (Å²) >= 11 is 0. The summed E-state index contributed by atoms with van der Waals surface area (Å²) < 4.78 is 51.0. The average molecular weight is 527 g/mol. The van der Waals surface area contributed by atoms with Crippen molar-refractivity contribution >= 4 is 22.9 Å². The number of aromatic nitrogens is 4. The van der Waals surface area contributed by atoms with Gasteiger partial charge in [0.25, 0.3) is 5.91 Å². The van der Waals surface area contributed by atoms with Crippen molar-refractivity contribution in [2.24, 2.45) is 0 Å². The fourth-order valence-electron chi connectivity index (χ4n) is 3.85. The molecule has 12 heteroatoms. The van der Waals surface area contributed by atoms with Gasteiger partial charge in [-0.3, -0.25) is 9.36 Å². The van der Waals surface area contributed by atoms with Gasteiger partial charge in [-0.1, -0.05) is 0 Å². The van der Waals surface area contributed by atoms with Crippen LogP contribution in [0, 0.1) is 6.92 Å². The number of anilines is 1. The molecule has 198 valence electrons. The molecule has 0 atom stereocenters. The lowest BCUT2D eigenvalue weighted by Gasteiger charge is -2.12. The van der Waals surface area contributed by atoms with Gasteiger partial charge in [0, 0.05) is 23.8 Å². The fraction of sp³-hybridized carbons (Fsp3) is 0.308. The maximum Gasteiger partial charge on any atom is 0.390 e. The molecule has 4 aromatic rings. The summed E-state index contributed by atoms with van der Waals surface area (Å²) in [6, 6.07) is 12.2. The smallest absolute Gasteiger partial charge is 0.390 e. The molecule has 0 aliphatic heterocycles. The third-order valence-electron chi connectivity index (χ3n) is 5.99. The van der Waals surface area contributed by atoms with Gasteiger partial charge >= 0.3 is 12.2 Å². The van der Waals surface area contributed by atoms with Crippen LogP contribution in [-0.2, 0) is 0 Å². The first kappa shape index (κ1) is 25.3. The molecule has 0 bridgehead atoms. The number of hydrogen-bond donors (Lipinski definition) is 2. The number of aryl methyl sites for hydroxylation is 1. The number of methoxy groups -OCH3 is 1.